The van der Waals surface area contributed by atoms with Crippen LogP contribution in [0.5, 0.6) is 0 Å². The van der Waals surface area contributed by atoms with Crippen molar-refractivity contribution >= 4 is 22.7 Å². The quantitative estimate of drug-likeness (QED) is 0.754. The zero-order chi connectivity index (χ0) is 12.3. The molecule has 6 heteroatoms. The van der Waals surface area contributed by atoms with Crippen LogP contribution < -0.4 is 11.0 Å². The number of hydrogen-bond acceptors (Lipinski definition) is 5. The molecule has 0 aliphatic carbocycles. The number of H-pyrrole nitrogens is 1. The first-order valence-corrected chi connectivity index (χ1v) is 5.00. The van der Waals surface area contributed by atoms with Crippen LogP contribution in [0.2, 0.25) is 0 Å². The molecule has 1 aromatic carbocycles. The topological polar surface area (TPSA) is 84.1 Å². The second-order valence-corrected chi connectivity index (χ2v) is 3.37. The summed E-state index contributed by atoms with van der Waals surface area (Å²) in [6, 6.07) is 7.20. The molecule has 1 heterocycles. The molecule has 2 aromatic rings. The van der Waals surface area contributed by atoms with E-state index in [1.54, 1.807) is 12.1 Å². The number of nitrogens with one attached hydrogen (secondary N) is 2. The number of aromatic nitrogens is 2. The summed E-state index contributed by atoms with van der Waals surface area (Å²) in [7, 11) is 1.30. The fraction of sp³-hybridized carbons (Fsp3) is 0.182. The highest BCUT2D eigenvalue weighted by Crippen LogP contribution is 2.16. The highest BCUT2D eigenvalue weighted by atomic mass is 16.5. The smallest absolute Gasteiger partial charge is 0.347 e. The van der Waals surface area contributed by atoms with Gasteiger partial charge in [-0.05, 0) is 12.1 Å². The summed E-state index contributed by atoms with van der Waals surface area (Å²) in [5.41, 5.74) is 0.205. The lowest BCUT2D eigenvalue weighted by molar-refractivity contribution is -0.138. The lowest BCUT2D eigenvalue weighted by atomic mass is 10.2. The molecule has 0 fully saturated rings. The summed E-state index contributed by atoms with van der Waals surface area (Å²) < 4.78 is 4.50. The Bertz CT molecular complexity index is 606. The molecule has 0 radical (unpaired) electrons. The maximum absolute atomic E-state index is 11.3. The summed E-state index contributed by atoms with van der Waals surface area (Å²) >= 11 is 0. The molecular formula is C11H11N3O3. The van der Waals surface area contributed by atoms with Gasteiger partial charge in [0.25, 0.3) is 0 Å². The number of carbonyl (C=O) groups is 1. The highest BCUT2D eigenvalue weighted by molar-refractivity contribution is 5.89. The van der Waals surface area contributed by atoms with Gasteiger partial charge in [-0.2, -0.15) is 4.98 Å². The third kappa shape index (κ3) is 2.41. The van der Waals surface area contributed by atoms with Crippen LogP contribution in [0.1, 0.15) is 0 Å². The third-order valence-corrected chi connectivity index (χ3v) is 2.26. The predicted octanol–water partition coefficient (Wildman–Crippen LogP) is 0.508. The van der Waals surface area contributed by atoms with E-state index in [-0.39, 0.29) is 6.54 Å². The maximum atomic E-state index is 11.3. The van der Waals surface area contributed by atoms with E-state index in [1.165, 1.54) is 7.11 Å². The van der Waals surface area contributed by atoms with Crippen molar-refractivity contribution in [3.05, 3.63) is 34.7 Å². The third-order valence-electron chi connectivity index (χ3n) is 2.26. The molecule has 0 bridgehead atoms. The van der Waals surface area contributed by atoms with Gasteiger partial charge in [0.1, 0.15) is 12.4 Å². The number of carbonyl (C=O) groups excluding carboxylic acids is 1. The standard InChI is InChI=1S/C11H11N3O3/c1-17-9(15)6-12-10-7-4-2-3-5-8(7)13-11(16)14-10/h2-5H,6H2,1H3,(H2,12,13,14,16). The van der Waals surface area contributed by atoms with Gasteiger partial charge in [0, 0.05) is 5.39 Å². The molecule has 2 N–H and O–H groups in total. The van der Waals surface area contributed by atoms with Crippen molar-refractivity contribution in [1.29, 1.82) is 0 Å². The molecule has 2 rings (SSSR count). The van der Waals surface area contributed by atoms with Crippen LogP contribution in [0.15, 0.2) is 29.1 Å². The number of nitrogens with zero attached hydrogens (tertiary/aromatic N) is 1. The van der Waals surface area contributed by atoms with Gasteiger partial charge in [-0.15, -0.1) is 0 Å². The van der Waals surface area contributed by atoms with Crippen molar-refractivity contribution < 1.29 is 9.53 Å². The number of anilines is 1. The van der Waals surface area contributed by atoms with Gasteiger partial charge >= 0.3 is 11.7 Å². The zero-order valence-electron chi connectivity index (χ0n) is 9.19. The molecular weight excluding hydrogens is 222 g/mol. The Balaban J connectivity index is 2.39. The van der Waals surface area contributed by atoms with Crippen molar-refractivity contribution in [2.45, 2.75) is 0 Å². The average Bonchev–Trinajstić information content (AvgIpc) is 2.35. The van der Waals surface area contributed by atoms with Crippen molar-refractivity contribution in [1.82, 2.24) is 9.97 Å². The number of para-hydroxylation sites is 1. The van der Waals surface area contributed by atoms with Crippen LogP contribution in [0, 0.1) is 0 Å². The lowest BCUT2D eigenvalue weighted by Gasteiger charge is -2.06. The molecule has 0 atom stereocenters. The van der Waals surface area contributed by atoms with Crippen LogP contribution in [0.3, 0.4) is 0 Å². The van der Waals surface area contributed by atoms with Crippen LogP contribution in [0.25, 0.3) is 10.9 Å². The summed E-state index contributed by atoms with van der Waals surface area (Å²) in [6.45, 7) is -0.0308. The number of esters is 1. The molecule has 0 amide bonds. The fourth-order valence-corrected chi connectivity index (χ4v) is 1.47. The van der Waals surface area contributed by atoms with Crippen molar-refractivity contribution in [3.63, 3.8) is 0 Å². The Morgan fingerprint density at radius 3 is 3.00 bits per heavy atom. The summed E-state index contributed by atoms with van der Waals surface area (Å²) in [5, 5.41) is 3.52. The summed E-state index contributed by atoms with van der Waals surface area (Å²) in [5.74, 6) is -0.0501. The molecule has 0 aliphatic heterocycles. The molecule has 0 aliphatic rings. The second kappa shape index (κ2) is 4.65. The maximum Gasteiger partial charge on any atom is 0.347 e. The van der Waals surface area contributed by atoms with Gasteiger partial charge < -0.3 is 15.0 Å². The second-order valence-electron chi connectivity index (χ2n) is 3.37. The van der Waals surface area contributed by atoms with E-state index in [2.05, 4.69) is 20.0 Å². The molecule has 88 valence electrons. The Kier molecular flexibility index (Phi) is 3.04. The minimum absolute atomic E-state index is 0.0308. The van der Waals surface area contributed by atoms with E-state index in [1.807, 2.05) is 12.1 Å². The Morgan fingerprint density at radius 1 is 1.47 bits per heavy atom. The molecule has 0 saturated heterocycles. The molecule has 0 unspecified atom stereocenters. The first-order chi connectivity index (χ1) is 8.20. The van der Waals surface area contributed by atoms with Gasteiger partial charge in [-0.1, -0.05) is 12.1 Å². The Hall–Kier alpha value is -2.37. The van der Waals surface area contributed by atoms with Crippen LogP contribution in [0.4, 0.5) is 5.82 Å². The number of aromatic amines is 1. The summed E-state index contributed by atoms with van der Waals surface area (Å²) in [6.07, 6.45) is 0. The Labute approximate surface area is 96.6 Å². The van der Waals surface area contributed by atoms with Gasteiger partial charge in [0.05, 0.1) is 12.6 Å². The van der Waals surface area contributed by atoms with Crippen LogP contribution >= 0.6 is 0 Å². The minimum atomic E-state index is -0.462. The van der Waals surface area contributed by atoms with Gasteiger partial charge in [-0.3, -0.25) is 4.79 Å². The number of benzene rings is 1. The van der Waals surface area contributed by atoms with E-state index in [4.69, 9.17) is 0 Å². The SMILES string of the molecule is COC(=O)CNc1nc(=O)[nH]c2ccccc12. The summed E-state index contributed by atoms with van der Waals surface area (Å²) in [4.78, 5) is 28.7. The van der Waals surface area contributed by atoms with E-state index < -0.39 is 11.7 Å². The highest BCUT2D eigenvalue weighted by Gasteiger charge is 2.06. The van der Waals surface area contributed by atoms with Gasteiger partial charge in [0.2, 0.25) is 0 Å². The van der Waals surface area contributed by atoms with E-state index in [9.17, 15) is 9.59 Å². The van der Waals surface area contributed by atoms with Crippen molar-refractivity contribution in [2.75, 3.05) is 19.0 Å². The molecule has 17 heavy (non-hydrogen) atoms. The van der Waals surface area contributed by atoms with Crippen molar-refractivity contribution in [2.24, 2.45) is 0 Å². The first-order valence-electron chi connectivity index (χ1n) is 5.00. The van der Waals surface area contributed by atoms with Crippen LogP contribution in [-0.4, -0.2) is 29.6 Å². The average molecular weight is 233 g/mol. The monoisotopic (exact) mass is 233 g/mol. The van der Waals surface area contributed by atoms with Gasteiger partial charge in [-0.25, -0.2) is 4.79 Å². The minimum Gasteiger partial charge on any atom is -0.468 e. The zero-order valence-corrected chi connectivity index (χ0v) is 9.19. The lowest BCUT2D eigenvalue weighted by Crippen LogP contribution is -2.19. The first kappa shape index (κ1) is 11.1. The van der Waals surface area contributed by atoms with Crippen LogP contribution in [-0.2, 0) is 9.53 Å². The molecule has 0 saturated carbocycles. The number of fused-ring (bicyclic) bond motifs is 1. The number of rotatable bonds is 3. The molecule has 0 spiro atoms. The Morgan fingerprint density at radius 2 is 2.24 bits per heavy atom. The number of hydrogen-bond donors (Lipinski definition) is 2. The number of methoxy groups -OCH3 is 1. The largest absolute Gasteiger partial charge is 0.468 e. The van der Waals surface area contributed by atoms with E-state index >= 15 is 0 Å². The van der Waals surface area contributed by atoms with Crippen molar-refractivity contribution in [3.8, 4) is 0 Å². The number of ether oxygens (including phenoxy) is 1. The molecule has 6 nitrogen and oxygen atoms in total. The van der Waals surface area contributed by atoms with Gasteiger partial charge in [0.15, 0.2) is 0 Å². The predicted molar refractivity (Wildman–Crippen MR) is 62.9 cm³/mol. The van der Waals surface area contributed by atoms with E-state index in [0.717, 1.165) is 5.39 Å². The fourth-order valence-electron chi connectivity index (χ4n) is 1.47. The van der Waals surface area contributed by atoms with E-state index in [0.29, 0.717) is 11.3 Å². The normalized spacial score (nSPS) is 10.2. The molecule has 1 aromatic heterocycles.